The van der Waals surface area contributed by atoms with Crippen LogP contribution in [-0.2, 0) is 4.79 Å². The predicted octanol–water partition coefficient (Wildman–Crippen LogP) is 2.47. The molecule has 0 bridgehead atoms. The molecule has 0 radical (unpaired) electrons. The molecule has 0 fully saturated rings. The van der Waals surface area contributed by atoms with Gasteiger partial charge in [0.25, 0.3) is 11.8 Å². The first kappa shape index (κ1) is 21.4. The van der Waals surface area contributed by atoms with E-state index in [0.29, 0.717) is 45.2 Å². The van der Waals surface area contributed by atoms with Crippen molar-refractivity contribution in [3.63, 3.8) is 0 Å². The Balaban J connectivity index is 1.52. The van der Waals surface area contributed by atoms with Crippen molar-refractivity contribution in [3.8, 4) is 23.0 Å². The summed E-state index contributed by atoms with van der Waals surface area (Å²) in [4.78, 5) is 24.1. The van der Waals surface area contributed by atoms with Crippen LogP contribution in [-0.4, -0.2) is 45.1 Å². The molecule has 1 heterocycles. The number of hydrogen-bond acceptors (Lipinski definition) is 7. The molecule has 9 nitrogen and oxygen atoms in total. The van der Waals surface area contributed by atoms with E-state index in [1.807, 2.05) is 6.92 Å². The Morgan fingerprint density at radius 3 is 2.80 bits per heavy atom. The maximum atomic E-state index is 12.2. The molecule has 158 valence electrons. The van der Waals surface area contributed by atoms with E-state index in [2.05, 4.69) is 31.8 Å². The third kappa shape index (κ3) is 5.20. The minimum absolute atomic E-state index is 0.123. The van der Waals surface area contributed by atoms with Gasteiger partial charge in [0.2, 0.25) is 6.79 Å². The van der Waals surface area contributed by atoms with Gasteiger partial charge in [-0.25, -0.2) is 5.43 Å². The van der Waals surface area contributed by atoms with Crippen molar-refractivity contribution < 1.29 is 28.5 Å². The van der Waals surface area contributed by atoms with Crippen LogP contribution in [0.1, 0.15) is 22.8 Å². The molecule has 0 saturated heterocycles. The molecule has 2 aromatic carbocycles. The van der Waals surface area contributed by atoms with Gasteiger partial charge in [-0.3, -0.25) is 9.59 Å². The lowest BCUT2D eigenvalue weighted by atomic mass is 10.2. The lowest BCUT2D eigenvalue weighted by Crippen LogP contribution is -2.34. The molecule has 30 heavy (non-hydrogen) atoms. The first-order valence-corrected chi connectivity index (χ1v) is 9.81. The lowest BCUT2D eigenvalue weighted by Gasteiger charge is -2.12. The molecule has 0 atom stereocenters. The van der Waals surface area contributed by atoms with E-state index in [1.165, 1.54) is 13.3 Å². The van der Waals surface area contributed by atoms with Gasteiger partial charge in [0.1, 0.15) is 0 Å². The number of carbonyl (C=O) groups excluding carboxylic acids is 2. The van der Waals surface area contributed by atoms with Gasteiger partial charge in [0, 0.05) is 5.56 Å². The zero-order valence-electron chi connectivity index (χ0n) is 16.4. The van der Waals surface area contributed by atoms with E-state index in [0.717, 1.165) is 0 Å². The molecule has 2 amide bonds. The number of ether oxygens (including phenoxy) is 4. The molecule has 0 aromatic heterocycles. The van der Waals surface area contributed by atoms with E-state index in [4.69, 9.17) is 18.9 Å². The van der Waals surface area contributed by atoms with Crippen molar-refractivity contribution in [1.82, 2.24) is 10.7 Å². The SMILES string of the molecule is CCOc1c(Br)cc(/C=N\NC(=O)CNC(=O)c2ccc3c(c2)OCO3)cc1OC. The van der Waals surface area contributed by atoms with E-state index >= 15 is 0 Å². The van der Waals surface area contributed by atoms with Gasteiger partial charge in [0.05, 0.1) is 30.9 Å². The summed E-state index contributed by atoms with van der Waals surface area (Å²) in [5, 5.41) is 6.42. The molecule has 10 heteroatoms. The molecular weight excluding hydrogens is 458 g/mol. The number of hydrazone groups is 1. The normalized spacial score (nSPS) is 12.0. The molecule has 0 spiro atoms. The largest absolute Gasteiger partial charge is 0.493 e. The fourth-order valence-electron chi connectivity index (χ4n) is 2.62. The average Bonchev–Trinajstić information content (AvgIpc) is 3.21. The Morgan fingerprint density at radius 1 is 1.23 bits per heavy atom. The second-order valence-corrected chi connectivity index (χ2v) is 6.87. The van der Waals surface area contributed by atoms with Gasteiger partial charge < -0.3 is 24.3 Å². The van der Waals surface area contributed by atoms with Crippen molar-refractivity contribution in [2.24, 2.45) is 5.10 Å². The van der Waals surface area contributed by atoms with Gasteiger partial charge in [-0.2, -0.15) is 5.10 Å². The van der Waals surface area contributed by atoms with E-state index in [9.17, 15) is 9.59 Å². The van der Waals surface area contributed by atoms with Crippen LogP contribution in [0.4, 0.5) is 0 Å². The molecule has 1 aliphatic heterocycles. The number of rotatable bonds is 8. The van der Waals surface area contributed by atoms with Crippen LogP contribution in [0.15, 0.2) is 39.9 Å². The Labute approximate surface area is 181 Å². The lowest BCUT2D eigenvalue weighted by molar-refractivity contribution is -0.120. The molecule has 0 unspecified atom stereocenters. The topological polar surface area (TPSA) is 107 Å². The molecule has 2 N–H and O–H groups in total. The fraction of sp³-hybridized carbons (Fsp3) is 0.250. The molecule has 1 aliphatic rings. The third-order valence-electron chi connectivity index (χ3n) is 3.99. The number of halogens is 1. The maximum Gasteiger partial charge on any atom is 0.259 e. The average molecular weight is 478 g/mol. The second-order valence-electron chi connectivity index (χ2n) is 6.01. The number of benzene rings is 2. The van der Waals surface area contributed by atoms with Crippen molar-refractivity contribution in [2.45, 2.75) is 6.92 Å². The van der Waals surface area contributed by atoms with E-state index < -0.39 is 11.8 Å². The Bertz CT molecular complexity index is 979. The summed E-state index contributed by atoms with van der Waals surface area (Å²) in [5.41, 5.74) is 3.41. The highest BCUT2D eigenvalue weighted by molar-refractivity contribution is 9.10. The Hall–Kier alpha value is -3.27. The highest BCUT2D eigenvalue weighted by Crippen LogP contribution is 2.36. The monoisotopic (exact) mass is 477 g/mol. The van der Waals surface area contributed by atoms with Crippen LogP contribution < -0.4 is 29.7 Å². The molecule has 3 rings (SSSR count). The summed E-state index contributed by atoms with van der Waals surface area (Å²) >= 11 is 3.42. The maximum absolute atomic E-state index is 12.2. The van der Waals surface area contributed by atoms with Crippen LogP contribution >= 0.6 is 15.9 Å². The number of nitrogens with one attached hydrogen (secondary N) is 2. The Kier molecular flexibility index (Phi) is 7.12. The number of fused-ring (bicyclic) bond motifs is 1. The van der Waals surface area contributed by atoms with Gasteiger partial charge >= 0.3 is 0 Å². The van der Waals surface area contributed by atoms with Gasteiger partial charge in [-0.1, -0.05) is 0 Å². The number of nitrogens with zero attached hydrogens (tertiary/aromatic N) is 1. The molecule has 2 aromatic rings. The second kappa shape index (κ2) is 9.97. The summed E-state index contributed by atoms with van der Waals surface area (Å²) in [6.45, 7) is 2.26. The van der Waals surface area contributed by atoms with Crippen LogP contribution in [0.2, 0.25) is 0 Å². The minimum atomic E-state index is -0.475. The third-order valence-corrected chi connectivity index (χ3v) is 4.58. The van der Waals surface area contributed by atoms with Crippen molar-refractivity contribution in [2.75, 3.05) is 27.1 Å². The number of hydrogen-bond donors (Lipinski definition) is 2. The summed E-state index contributed by atoms with van der Waals surface area (Å²) in [7, 11) is 1.54. The van der Waals surface area contributed by atoms with Crippen LogP contribution in [0, 0.1) is 0 Å². The van der Waals surface area contributed by atoms with Crippen LogP contribution in [0.5, 0.6) is 23.0 Å². The smallest absolute Gasteiger partial charge is 0.259 e. The van der Waals surface area contributed by atoms with Crippen LogP contribution in [0.3, 0.4) is 0 Å². The first-order valence-electron chi connectivity index (χ1n) is 9.02. The molecule has 0 saturated carbocycles. The van der Waals surface area contributed by atoms with Gasteiger partial charge in [0.15, 0.2) is 23.0 Å². The van der Waals surface area contributed by atoms with Crippen molar-refractivity contribution in [1.29, 1.82) is 0 Å². The zero-order chi connectivity index (χ0) is 21.5. The van der Waals surface area contributed by atoms with Gasteiger partial charge in [-0.05, 0) is 58.7 Å². The summed E-state index contributed by atoms with van der Waals surface area (Å²) in [6, 6.07) is 8.31. The highest BCUT2D eigenvalue weighted by atomic mass is 79.9. The Morgan fingerprint density at radius 2 is 2.03 bits per heavy atom. The van der Waals surface area contributed by atoms with Crippen molar-refractivity contribution in [3.05, 3.63) is 45.9 Å². The van der Waals surface area contributed by atoms with Crippen LogP contribution in [0.25, 0.3) is 0 Å². The van der Waals surface area contributed by atoms with E-state index in [1.54, 1.807) is 30.3 Å². The number of carbonyl (C=O) groups is 2. The fourth-order valence-corrected chi connectivity index (χ4v) is 3.19. The summed E-state index contributed by atoms with van der Waals surface area (Å²) in [5.74, 6) is 1.32. The number of amides is 2. The molecule has 0 aliphatic carbocycles. The minimum Gasteiger partial charge on any atom is -0.493 e. The summed E-state index contributed by atoms with van der Waals surface area (Å²) < 4.78 is 22.0. The first-order chi connectivity index (χ1) is 14.5. The summed E-state index contributed by atoms with van der Waals surface area (Å²) in [6.07, 6.45) is 1.46. The molecular formula is C20H20BrN3O6. The highest BCUT2D eigenvalue weighted by Gasteiger charge is 2.16. The van der Waals surface area contributed by atoms with E-state index in [-0.39, 0.29) is 13.3 Å². The predicted molar refractivity (Wildman–Crippen MR) is 112 cm³/mol. The number of methoxy groups -OCH3 is 1. The van der Waals surface area contributed by atoms with Gasteiger partial charge in [-0.15, -0.1) is 0 Å². The standard InChI is InChI=1S/C20H20BrN3O6/c1-3-28-19-14(21)6-12(7-17(19)27-2)9-23-24-18(25)10-22-20(26)13-4-5-15-16(8-13)30-11-29-15/h4-9H,3,10-11H2,1-2H3,(H,22,26)(H,24,25)/b23-9-. The quantitative estimate of drug-likeness (QED) is 0.446. The van der Waals surface area contributed by atoms with Crippen molar-refractivity contribution >= 4 is 34.0 Å². The zero-order valence-corrected chi connectivity index (χ0v) is 17.9.